The van der Waals surface area contributed by atoms with Crippen molar-refractivity contribution in [1.29, 1.82) is 5.26 Å². The fourth-order valence-electron chi connectivity index (χ4n) is 1.84. The monoisotopic (exact) mass is 438 g/mol. The van der Waals surface area contributed by atoms with Crippen LogP contribution in [0.4, 0.5) is 5.13 Å². The van der Waals surface area contributed by atoms with Crippen molar-refractivity contribution in [3.63, 3.8) is 0 Å². The van der Waals surface area contributed by atoms with Crippen molar-refractivity contribution in [2.24, 2.45) is 0 Å². The Morgan fingerprint density at radius 3 is 2.92 bits per heavy atom. The first-order chi connectivity index (χ1) is 12.0. The predicted molar refractivity (Wildman–Crippen MR) is 95.1 cm³/mol. The molecule has 25 heavy (non-hydrogen) atoms. The standard InChI is InChI=1S/C14H7BrN4O4S2/c1-22-10-8(15)2-9(23-13(10)21)11(20)17-14-19-18-12(25-14)7-5-24-4-6(7)3-16/h2,4-5H,1H3,(H,17,19,20). The highest BCUT2D eigenvalue weighted by molar-refractivity contribution is 9.10. The molecule has 3 aromatic rings. The molecular weight excluding hydrogens is 432 g/mol. The number of hydrogen-bond acceptors (Lipinski definition) is 9. The van der Waals surface area contributed by atoms with Crippen LogP contribution in [0.25, 0.3) is 10.6 Å². The Balaban J connectivity index is 1.83. The first kappa shape index (κ1) is 17.3. The van der Waals surface area contributed by atoms with E-state index in [4.69, 9.17) is 14.4 Å². The highest BCUT2D eigenvalue weighted by Crippen LogP contribution is 2.31. The number of rotatable bonds is 4. The second-order valence-corrected chi connectivity index (χ2v) is 7.03. The molecule has 0 saturated carbocycles. The van der Waals surface area contributed by atoms with Gasteiger partial charge in [0.25, 0.3) is 5.91 Å². The minimum atomic E-state index is -0.781. The third-order valence-corrected chi connectivity index (χ3v) is 5.15. The van der Waals surface area contributed by atoms with Gasteiger partial charge in [-0.3, -0.25) is 10.1 Å². The number of hydrogen-bond donors (Lipinski definition) is 1. The number of ether oxygens (including phenoxy) is 1. The van der Waals surface area contributed by atoms with E-state index in [0.29, 0.717) is 20.6 Å². The fourth-order valence-corrected chi connectivity index (χ4v) is 3.97. The average molecular weight is 439 g/mol. The molecule has 3 aromatic heterocycles. The van der Waals surface area contributed by atoms with Crippen LogP contribution in [-0.2, 0) is 0 Å². The molecule has 11 heteroatoms. The highest BCUT2D eigenvalue weighted by atomic mass is 79.9. The number of amides is 1. The largest absolute Gasteiger partial charge is 0.489 e. The van der Waals surface area contributed by atoms with Crippen molar-refractivity contribution in [2.75, 3.05) is 12.4 Å². The molecule has 0 aliphatic rings. The molecule has 1 amide bonds. The molecule has 0 aromatic carbocycles. The fraction of sp³-hybridized carbons (Fsp3) is 0.0714. The molecule has 8 nitrogen and oxygen atoms in total. The summed E-state index contributed by atoms with van der Waals surface area (Å²) in [6.45, 7) is 0. The number of carbonyl (C=O) groups excluding carboxylic acids is 1. The Hall–Kier alpha value is -2.55. The third-order valence-electron chi connectivity index (χ3n) is 2.95. The summed E-state index contributed by atoms with van der Waals surface area (Å²) in [5, 5.41) is 23.6. The van der Waals surface area contributed by atoms with Gasteiger partial charge in [-0.05, 0) is 15.9 Å². The van der Waals surface area contributed by atoms with Gasteiger partial charge in [-0.15, -0.1) is 10.2 Å². The zero-order valence-corrected chi connectivity index (χ0v) is 15.6. The number of nitrogens with zero attached hydrogens (tertiary/aromatic N) is 3. The van der Waals surface area contributed by atoms with Gasteiger partial charge in [-0.1, -0.05) is 11.3 Å². The van der Waals surface area contributed by atoms with E-state index in [0.717, 1.165) is 11.3 Å². The van der Waals surface area contributed by atoms with Gasteiger partial charge in [0.05, 0.1) is 17.1 Å². The van der Waals surface area contributed by atoms with Gasteiger partial charge in [0.1, 0.15) is 6.07 Å². The van der Waals surface area contributed by atoms with Crippen molar-refractivity contribution in [1.82, 2.24) is 10.2 Å². The van der Waals surface area contributed by atoms with E-state index in [1.165, 1.54) is 24.5 Å². The molecule has 3 rings (SSSR count). The van der Waals surface area contributed by atoms with Crippen LogP contribution in [0.5, 0.6) is 5.75 Å². The maximum Gasteiger partial charge on any atom is 0.380 e. The summed E-state index contributed by atoms with van der Waals surface area (Å²) in [5.41, 5.74) is 0.366. The maximum absolute atomic E-state index is 12.2. The molecule has 126 valence electrons. The minimum absolute atomic E-state index is 0.0313. The van der Waals surface area contributed by atoms with Gasteiger partial charge < -0.3 is 9.15 Å². The van der Waals surface area contributed by atoms with E-state index >= 15 is 0 Å². The lowest BCUT2D eigenvalue weighted by atomic mass is 10.2. The summed E-state index contributed by atoms with van der Waals surface area (Å²) in [7, 11) is 1.32. The summed E-state index contributed by atoms with van der Waals surface area (Å²) in [6.07, 6.45) is 0. The van der Waals surface area contributed by atoms with Gasteiger partial charge in [0, 0.05) is 22.4 Å². The highest BCUT2D eigenvalue weighted by Gasteiger charge is 2.18. The normalized spacial score (nSPS) is 10.3. The van der Waals surface area contributed by atoms with Crippen molar-refractivity contribution in [2.45, 2.75) is 0 Å². The van der Waals surface area contributed by atoms with Crippen molar-refractivity contribution >= 4 is 49.6 Å². The molecule has 0 unspecified atom stereocenters. The zero-order valence-electron chi connectivity index (χ0n) is 12.4. The zero-order chi connectivity index (χ0) is 18.0. The lowest BCUT2D eigenvalue weighted by Gasteiger charge is -2.03. The molecule has 0 spiro atoms. The lowest BCUT2D eigenvalue weighted by Crippen LogP contribution is -2.15. The maximum atomic E-state index is 12.2. The van der Waals surface area contributed by atoms with Crippen molar-refractivity contribution in [3.05, 3.63) is 43.0 Å². The Bertz CT molecular complexity index is 1050. The van der Waals surface area contributed by atoms with Gasteiger partial charge in [0.2, 0.25) is 10.9 Å². The first-order valence-electron chi connectivity index (χ1n) is 6.52. The molecule has 0 atom stereocenters. The Kier molecular flexibility index (Phi) is 4.93. The molecule has 0 bridgehead atoms. The van der Waals surface area contributed by atoms with E-state index in [2.05, 4.69) is 37.5 Å². The van der Waals surface area contributed by atoms with E-state index in [1.807, 2.05) is 0 Å². The van der Waals surface area contributed by atoms with Crippen LogP contribution in [0.2, 0.25) is 0 Å². The Morgan fingerprint density at radius 1 is 1.44 bits per heavy atom. The number of nitrogens with one attached hydrogen (secondary N) is 1. The molecular formula is C14H7BrN4O4S2. The molecule has 0 saturated heterocycles. The van der Waals surface area contributed by atoms with Crippen LogP contribution in [0.15, 0.2) is 30.5 Å². The predicted octanol–water partition coefficient (Wildman–Crippen LogP) is 3.11. The number of aromatic nitrogens is 2. The van der Waals surface area contributed by atoms with E-state index in [1.54, 1.807) is 10.8 Å². The van der Waals surface area contributed by atoms with E-state index in [9.17, 15) is 9.59 Å². The first-order valence-corrected chi connectivity index (χ1v) is 9.08. The summed E-state index contributed by atoms with van der Waals surface area (Å²) in [5.74, 6) is -0.895. The van der Waals surface area contributed by atoms with Crippen LogP contribution >= 0.6 is 38.6 Å². The molecule has 3 heterocycles. The van der Waals surface area contributed by atoms with Crippen LogP contribution < -0.4 is 15.7 Å². The van der Waals surface area contributed by atoms with E-state index < -0.39 is 11.5 Å². The smallest absolute Gasteiger partial charge is 0.380 e. The summed E-state index contributed by atoms with van der Waals surface area (Å²) < 4.78 is 10.1. The van der Waals surface area contributed by atoms with Crippen molar-refractivity contribution < 1.29 is 13.9 Å². The third kappa shape index (κ3) is 3.46. The number of thiophene rings is 1. The van der Waals surface area contributed by atoms with Gasteiger partial charge in [-0.25, -0.2) is 4.79 Å². The minimum Gasteiger partial charge on any atom is -0.489 e. The second kappa shape index (κ2) is 7.14. The molecule has 1 N–H and O–H groups in total. The number of nitriles is 1. The lowest BCUT2D eigenvalue weighted by molar-refractivity contribution is 0.0991. The number of halogens is 1. The number of anilines is 1. The summed E-state index contributed by atoms with van der Waals surface area (Å²) in [6, 6.07) is 3.39. The van der Waals surface area contributed by atoms with Crippen LogP contribution in [0, 0.1) is 11.3 Å². The second-order valence-electron chi connectivity index (χ2n) is 4.46. The molecule has 0 fully saturated rings. The average Bonchev–Trinajstić information content (AvgIpc) is 3.22. The van der Waals surface area contributed by atoms with Gasteiger partial charge in [-0.2, -0.15) is 16.6 Å². The van der Waals surface area contributed by atoms with Crippen LogP contribution in [0.1, 0.15) is 16.1 Å². The van der Waals surface area contributed by atoms with Gasteiger partial charge >= 0.3 is 5.63 Å². The topological polar surface area (TPSA) is 118 Å². The molecule has 0 aliphatic carbocycles. The SMILES string of the molecule is COc1c(Br)cc(C(=O)Nc2nnc(-c3cscc3C#N)s2)oc1=O. The van der Waals surface area contributed by atoms with Crippen LogP contribution in [0.3, 0.4) is 0 Å². The quantitative estimate of drug-likeness (QED) is 0.664. The van der Waals surface area contributed by atoms with Crippen LogP contribution in [-0.4, -0.2) is 23.2 Å². The molecule has 0 aliphatic heterocycles. The van der Waals surface area contributed by atoms with E-state index in [-0.39, 0.29) is 16.6 Å². The number of methoxy groups -OCH3 is 1. The van der Waals surface area contributed by atoms with Gasteiger partial charge in [0.15, 0.2) is 10.8 Å². The number of carbonyl (C=O) groups is 1. The Morgan fingerprint density at radius 2 is 2.24 bits per heavy atom. The summed E-state index contributed by atoms with van der Waals surface area (Å²) >= 11 is 5.62. The molecule has 0 radical (unpaired) electrons. The summed E-state index contributed by atoms with van der Waals surface area (Å²) in [4.78, 5) is 23.9. The Labute approximate surface area is 156 Å². The van der Waals surface area contributed by atoms with Crippen molar-refractivity contribution in [3.8, 4) is 22.4 Å².